The Labute approximate surface area is 105 Å². The molecule has 0 bridgehead atoms. The fourth-order valence-corrected chi connectivity index (χ4v) is 2.57. The predicted octanol–water partition coefficient (Wildman–Crippen LogP) is 3.98. The molecule has 1 aliphatic rings. The van der Waals surface area contributed by atoms with Gasteiger partial charge in [-0.25, -0.2) is 8.78 Å². The number of rotatable bonds is 2. The lowest BCUT2D eigenvalue weighted by Crippen LogP contribution is -2.20. The van der Waals surface area contributed by atoms with Crippen molar-refractivity contribution in [1.82, 2.24) is 0 Å². The van der Waals surface area contributed by atoms with Crippen molar-refractivity contribution in [2.75, 3.05) is 13.2 Å². The molecule has 1 heterocycles. The minimum absolute atomic E-state index is 0.199. The summed E-state index contributed by atoms with van der Waals surface area (Å²) in [4.78, 5) is 0. The monoisotopic (exact) mass is 260 g/mol. The Balaban J connectivity index is 2.23. The van der Waals surface area contributed by atoms with Crippen molar-refractivity contribution in [3.05, 3.63) is 34.9 Å². The van der Waals surface area contributed by atoms with Crippen LogP contribution < -0.4 is 0 Å². The van der Waals surface area contributed by atoms with Crippen LogP contribution in [0.25, 0.3) is 0 Å². The van der Waals surface area contributed by atoms with Gasteiger partial charge in [0, 0.05) is 24.8 Å². The normalized spacial score (nSPS) is 19.3. The number of alkyl halides is 1. The van der Waals surface area contributed by atoms with Crippen molar-refractivity contribution in [1.29, 1.82) is 0 Å². The van der Waals surface area contributed by atoms with E-state index in [-0.39, 0.29) is 5.92 Å². The number of aryl methyl sites for hydroxylation is 1. The summed E-state index contributed by atoms with van der Waals surface area (Å²) in [5.74, 6) is -0.883. The van der Waals surface area contributed by atoms with E-state index in [1.54, 1.807) is 6.92 Å². The lowest BCUT2D eigenvalue weighted by atomic mass is 9.91. The van der Waals surface area contributed by atoms with Crippen LogP contribution in [0.4, 0.5) is 8.78 Å². The van der Waals surface area contributed by atoms with E-state index in [1.807, 2.05) is 0 Å². The van der Waals surface area contributed by atoms with Crippen molar-refractivity contribution in [3.8, 4) is 0 Å². The second kappa shape index (κ2) is 5.32. The van der Waals surface area contributed by atoms with E-state index in [9.17, 15) is 8.78 Å². The first-order valence-electron chi connectivity index (χ1n) is 5.77. The van der Waals surface area contributed by atoms with E-state index < -0.39 is 17.0 Å². The number of hydrogen-bond donors (Lipinski definition) is 0. The van der Waals surface area contributed by atoms with Crippen LogP contribution in [-0.4, -0.2) is 13.2 Å². The Morgan fingerprint density at radius 3 is 2.53 bits per heavy atom. The van der Waals surface area contributed by atoms with Gasteiger partial charge in [-0.15, -0.1) is 11.6 Å². The van der Waals surface area contributed by atoms with Gasteiger partial charge in [0.2, 0.25) is 0 Å². The minimum atomic E-state index is -0.556. The average molecular weight is 261 g/mol. The topological polar surface area (TPSA) is 9.23 Å². The highest BCUT2D eigenvalue weighted by Gasteiger charge is 2.26. The molecule has 94 valence electrons. The molecule has 0 saturated carbocycles. The molecule has 0 aliphatic carbocycles. The number of benzene rings is 1. The smallest absolute Gasteiger partial charge is 0.130 e. The molecular formula is C13H15ClF2O. The highest BCUT2D eigenvalue weighted by Crippen LogP contribution is 2.37. The molecule has 1 saturated heterocycles. The number of halogens is 3. The van der Waals surface area contributed by atoms with Gasteiger partial charge in [-0.3, -0.25) is 0 Å². The van der Waals surface area contributed by atoms with Crippen molar-refractivity contribution in [2.45, 2.75) is 25.1 Å². The summed E-state index contributed by atoms with van der Waals surface area (Å²) < 4.78 is 32.1. The van der Waals surface area contributed by atoms with Crippen molar-refractivity contribution in [3.63, 3.8) is 0 Å². The highest BCUT2D eigenvalue weighted by molar-refractivity contribution is 6.21. The van der Waals surface area contributed by atoms with Gasteiger partial charge in [0.1, 0.15) is 11.6 Å². The van der Waals surface area contributed by atoms with E-state index in [0.717, 1.165) is 18.9 Å². The molecule has 0 N–H and O–H groups in total. The Morgan fingerprint density at radius 2 is 1.88 bits per heavy atom. The van der Waals surface area contributed by atoms with E-state index in [4.69, 9.17) is 16.3 Å². The number of hydrogen-bond acceptors (Lipinski definition) is 1. The summed E-state index contributed by atoms with van der Waals surface area (Å²) in [5.41, 5.74) is 0.830. The SMILES string of the molecule is Cc1cc(C(Cl)C2CCOCC2)c(F)cc1F. The van der Waals surface area contributed by atoms with E-state index in [1.165, 1.54) is 6.07 Å². The third-order valence-corrected chi connectivity index (χ3v) is 3.85. The summed E-state index contributed by atoms with van der Waals surface area (Å²) in [6, 6.07) is 2.43. The summed E-state index contributed by atoms with van der Waals surface area (Å²) in [6.07, 6.45) is 1.65. The molecule has 0 amide bonds. The van der Waals surface area contributed by atoms with Crippen LogP contribution in [0, 0.1) is 24.5 Å². The molecule has 1 fully saturated rings. The molecule has 4 heteroatoms. The van der Waals surface area contributed by atoms with Gasteiger partial charge in [0.05, 0.1) is 5.38 Å². The van der Waals surface area contributed by atoms with Crippen LogP contribution in [0.3, 0.4) is 0 Å². The Hall–Kier alpha value is -0.670. The maximum atomic E-state index is 13.7. The van der Waals surface area contributed by atoms with Crippen LogP contribution in [0.1, 0.15) is 29.3 Å². The first-order chi connectivity index (χ1) is 8.09. The van der Waals surface area contributed by atoms with Gasteiger partial charge < -0.3 is 4.74 Å². The van der Waals surface area contributed by atoms with Crippen LogP contribution in [0.5, 0.6) is 0 Å². The lowest BCUT2D eigenvalue weighted by Gasteiger charge is -2.26. The molecule has 1 aliphatic heterocycles. The van der Waals surface area contributed by atoms with Crippen LogP contribution >= 0.6 is 11.6 Å². The zero-order chi connectivity index (χ0) is 12.4. The maximum Gasteiger partial charge on any atom is 0.130 e. The van der Waals surface area contributed by atoms with Crippen LogP contribution in [-0.2, 0) is 4.74 Å². The van der Waals surface area contributed by atoms with Crippen molar-refractivity contribution in [2.24, 2.45) is 5.92 Å². The zero-order valence-electron chi connectivity index (χ0n) is 9.68. The summed E-state index contributed by atoms with van der Waals surface area (Å²) in [6.45, 7) is 2.94. The van der Waals surface area contributed by atoms with E-state index in [2.05, 4.69) is 0 Å². The molecule has 0 spiro atoms. The Kier molecular flexibility index (Phi) is 4.00. The molecule has 2 rings (SSSR count). The van der Waals surface area contributed by atoms with Crippen molar-refractivity contribution < 1.29 is 13.5 Å². The third kappa shape index (κ3) is 2.78. The van der Waals surface area contributed by atoms with Gasteiger partial charge in [0.15, 0.2) is 0 Å². The third-order valence-electron chi connectivity index (χ3n) is 3.25. The molecule has 1 nitrogen and oxygen atoms in total. The van der Waals surface area contributed by atoms with E-state index in [0.29, 0.717) is 24.3 Å². The van der Waals surface area contributed by atoms with Gasteiger partial charge in [0.25, 0.3) is 0 Å². The molecule has 0 radical (unpaired) electrons. The standard InChI is InChI=1S/C13H15ClF2O/c1-8-6-10(12(16)7-11(8)15)13(14)9-2-4-17-5-3-9/h6-7,9,13H,2-5H2,1H3. The van der Waals surface area contributed by atoms with Gasteiger partial charge in [-0.1, -0.05) is 0 Å². The molecule has 1 atom stereocenters. The van der Waals surface area contributed by atoms with Gasteiger partial charge in [-0.05, 0) is 37.3 Å². The fraction of sp³-hybridized carbons (Fsp3) is 0.538. The number of ether oxygens (including phenoxy) is 1. The fourth-order valence-electron chi connectivity index (χ4n) is 2.15. The lowest BCUT2D eigenvalue weighted by molar-refractivity contribution is 0.0648. The Morgan fingerprint density at radius 1 is 1.24 bits per heavy atom. The van der Waals surface area contributed by atoms with Gasteiger partial charge in [-0.2, -0.15) is 0 Å². The molecule has 1 aromatic rings. The zero-order valence-corrected chi connectivity index (χ0v) is 10.4. The molecule has 17 heavy (non-hydrogen) atoms. The highest BCUT2D eigenvalue weighted by atomic mass is 35.5. The van der Waals surface area contributed by atoms with Crippen molar-refractivity contribution >= 4 is 11.6 Å². The summed E-state index contributed by atoms with van der Waals surface area (Å²) >= 11 is 6.30. The second-order valence-electron chi connectivity index (χ2n) is 4.47. The first kappa shape index (κ1) is 12.8. The van der Waals surface area contributed by atoms with E-state index >= 15 is 0 Å². The molecule has 1 unspecified atom stereocenters. The summed E-state index contributed by atoms with van der Waals surface area (Å²) in [5, 5.41) is -0.404. The van der Waals surface area contributed by atoms with Crippen LogP contribution in [0.2, 0.25) is 0 Å². The van der Waals surface area contributed by atoms with Gasteiger partial charge >= 0.3 is 0 Å². The molecule has 0 aromatic heterocycles. The largest absolute Gasteiger partial charge is 0.381 e. The van der Waals surface area contributed by atoms with Crippen LogP contribution in [0.15, 0.2) is 12.1 Å². The molecule has 1 aromatic carbocycles. The predicted molar refractivity (Wildman–Crippen MR) is 63.2 cm³/mol. The quantitative estimate of drug-likeness (QED) is 0.731. The Bertz CT molecular complexity index is 403. The summed E-state index contributed by atoms with van der Waals surface area (Å²) in [7, 11) is 0. The first-order valence-corrected chi connectivity index (χ1v) is 6.20. The minimum Gasteiger partial charge on any atom is -0.381 e. The average Bonchev–Trinajstić information content (AvgIpc) is 2.34. The molecular weight excluding hydrogens is 246 g/mol. The maximum absolute atomic E-state index is 13.7. The second-order valence-corrected chi connectivity index (χ2v) is 4.94.